The Morgan fingerprint density at radius 1 is 1.03 bits per heavy atom. The van der Waals surface area contributed by atoms with E-state index >= 15 is 0 Å². The van der Waals surface area contributed by atoms with Gasteiger partial charge in [-0.3, -0.25) is 14.5 Å². The quantitative estimate of drug-likeness (QED) is 0.631. The number of amides is 1. The predicted molar refractivity (Wildman–Crippen MR) is 114 cm³/mol. The zero-order valence-corrected chi connectivity index (χ0v) is 16.7. The number of nitriles is 1. The van der Waals surface area contributed by atoms with E-state index in [1.165, 1.54) is 0 Å². The Morgan fingerprint density at radius 2 is 1.77 bits per heavy atom. The van der Waals surface area contributed by atoms with E-state index in [2.05, 4.69) is 11.1 Å². The molecule has 0 saturated carbocycles. The molecule has 4 rings (SSSR count). The first-order valence-electron chi connectivity index (χ1n) is 9.98. The van der Waals surface area contributed by atoms with Crippen molar-refractivity contribution < 1.29 is 9.59 Å². The number of Topliss-reactive ketones (excluding diaryl/α,β-unsaturated/α-hetero) is 1. The fraction of sp³-hybridized carbons (Fsp3) is 0.250. The van der Waals surface area contributed by atoms with Gasteiger partial charge in [-0.2, -0.15) is 5.26 Å². The lowest BCUT2D eigenvalue weighted by Gasteiger charge is -2.41. The molecule has 0 radical (unpaired) electrons. The normalized spacial score (nSPS) is 18.0. The number of carbonyl (C=O) groups is 2. The van der Waals surface area contributed by atoms with Gasteiger partial charge in [0.15, 0.2) is 6.04 Å². The third-order valence-corrected chi connectivity index (χ3v) is 5.54. The van der Waals surface area contributed by atoms with Gasteiger partial charge in [0.25, 0.3) is 5.91 Å². The van der Waals surface area contributed by atoms with Gasteiger partial charge in [0.05, 0.1) is 11.6 Å². The summed E-state index contributed by atoms with van der Waals surface area (Å²) in [5, 5.41) is 10.7. The second-order valence-corrected chi connectivity index (χ2v) is 7.49. The van der Waals surface area contributed by atoms with Crippen LogP contribution in [0.4, 0.5) is 0 Å². The highest BCUT2D eigenvalue weighted by Crippen LogP contribution is 2.19. The summed E-state index contributed by atoms with van der Waals surface area (Å²) in [7, 11) is 0. The van der Waals surface area contributed by atoms with Crippen molar-refractivity contribution >= 4 is 22.6 Å². The SMILES string of the molecule is CC1CN(C(=O)c2ccccc2)CCN1C(C#N)C(=O)c1ccc2ccccc2n1. The van der Waals surface area contributed by atoms with Crippen molar-refractivity contribution in [1.29, 1.82) is 5.26 Å². The summed E-state index contributed by atoms with van der Waals surface area (Å²) >= 11 is 0. The van der Waals surface area contributed by atoms with E-state index in [1.54, 1.807) is 23.1 Å². The molecule has 6 nitrogen and oxygen atoms in total. The van der Waals surface area contributed by atoms with Gasteiger partial charge in [0.2, 0.25) is 5.78 Å². The molecular weight excluding hydrogens is 376 g/mol. The van der Waals surface area contributed by atoms with Gasteiger partial charge in [-0.05, 0) is 31.2 Å². The maximum atomic E-state index is 13.1. The summed E-state index contributed by atoms with van der Waals surface area (Å²) < 4.78 is 0. The Balaban J connectivity index is 1.50. The maximum absolute atomic E-state index is 13.1. The summed E-state index contributed by atoms with van der Waals surface area (Å²) in [5.74, 6) is -0.337. The molecule has 0 bridgehead atoms. The molecule has 2 heterocycles. The third-order valence-electron chi connectivity index (χ3n) is 5.54. The molecule has 2 aromatic carbocycles. The van der Waals surface area contributed by atoms with Crippen LogP contribution in [-0.4, -0.2) is 58.2 Å². The average Bonchev–Trinajstić information content (AvgIpc) is 2.80. The smallest absolute Gasteiger partial charge is 0.253 e. The minimum absolute atomic E-state index is 0.0295. The number of nitrogens with zero attached hydrogens (tertiary/aromatic N) is 4. The van der Waals surface area contributed by atoms with Crippen molar-refractivity contribution in [2.45, 2.75) is 19.0 Å². The number of ketones is 1. The number of benzene rings is 2. The highest BCUT2D eigenvalue weighted by molar-refractivity contribution is 6.01. The third kappa shape index (κ3) is 3.80. The number of aromatic nitrogens is 1. The van der Waals surface area contributed by atoms with Crippen LogP contribution in [-0.2, 0) is 0 Å². The fourth-order valence-electron chi connectivity index (χ4n) is 3.93. The lowest BCUT2D eigenvalue weighted by atomic mass is 10.0. The number of para-hydroxylation sites is 1. The molecule has 0 spiro atoms. The van der Waals surface area contributed by atoms with Crippen LogP contribution in [0.15, 0.2) is 66.7 Å². The van der Waals surface area contributed by atoms with Gasteiger partial charge in [-0.1, -0.05) is 42.5 Å². The number of fused-ring (bicyclic) bond motifs is 1. The molecule has 1 aliphatic heterocycles. The van der Waals surface area contributed by atoms with Crippen LogP contribution in [0, 0.1) is 11.3 Å². The van der Waals surface area contributed by atoms with Crippen LogP contribution < -0.4 is 0 Å². The molecule has 0 N–H and O–H groups in total. The molecule has 2 atom stereocenters. The van der Waals surface area contributed by atoms with Crippen molar-refractivity contribution in [3.8, 4) is 6.07 Å². The van der Waals surface area contributed by atoms with Gasteiger partial charge >= 0.3 is 0 Å². The highest BCUT2D eigenvalue weighted by Gasteiger charge is 2.36. The van der Waals surface area contributed by atoms with Gasteiger partial charge in [-0.15, -0.1) is 0 Å². The Bertz CT molecular complexity index is 1120. The van der Waals surface area contributed by atoms with E-state index in [-0.39, 0.29) is 23.4 Å². The topological polar surface area (TPSA) is 77.3 Å². The molecule has 1 fully saturated rings. The second kappa shape index (κ2) is 8.44. The van der Waals surface area contributed by atoms with Crippen molar-refractivity contribution in [2.75, 3.05) is 19.6 Å². The van der Waals surface area contributed by atoms with Gasteiger partial charge in [0.1, 0.15) is 5.69 Å². The zero-order chi connectivity index (χ0) is 21.1. The number of carbonyl (C=O) groups excluding carboxylic acids is 2. The average molecular weight is 398 g/mol. The first-order chi connectivity index (χ1) is 14.6. The predicted octanol–water partition coefficient (Wildman–Crippen LogP) is 3.16. The Labute approximate surface area is 175 Å². The van der Waals surface area contributed by atoms with Crippen LogP contribution in [0.5, 0.6) is 0 Å². The van der Waals surface area contributed by atoms with E-state index in [9.17, 15) is 14.9 Å². The Hall–Kier alpha value is -3.56. The molecular formula is C24H22N4O2. The standard InChI is InChI=1S/C24H22N4O2/c1-17-16-27(24(30)19-8-3-2-4-9-19)13-14-28(17)22(15-25)23(29)21-12-11-18-7-5-6-10-20(18)26-21/h2-12,17,22H,13-14,16H2,1H3. The van der Waals surface area contributed by atoms with Crippen molar-refractivity contribution in [1.82, 2.24) is 14.8 Å². The largest absolute Gasteiger partial charge is 0.336 e. The first-order valence-corrected chi connectivity index (χ1v) is 9.98. The maximum Gasteiger partial charge on any atom is 0.253 e. The number of rotatable bonds is 4. The van der Waals surface area contributed by atoms with Crippen molar-refractivity contribution in [3.63, 3.8) is 0 Å². The molecule has 1 saturated heterocycles. The first kappa shape index (κ1) is 19.7. The summed E-state index contributed by atoms with van der Waals surface area (Å²) in [6.07, 6.45) is 0. The summed E-state index contributed by atoms with van der Waals surface area (Å²) in [4.78, 5) is 33.9. The van der Waals surface area contributed by atoms with Crippen molar-refractivity contribution in [2.24, 2.45) is 0 Å². The number of pyridine rings is 1. The number of hydrogen-bond acceptors (Lipinski definition) is 5. The monoisotopic (exact) mass is 398 g/mol. The zero-order valence-electron chi connectivity index (χ0n) is 16.7. The molecule has 1 aromatic heterocycles. The molecule has 0 aliphatic carbocycles. The highest BCUT2D eigenvalue weighted by atomic mass is 16.2. The molecule has 150 valence electrons. The van der Waals surface area contributed by atoms with Crippen LogP contribution >= 0.6 is 0 Å². The van der Waals surface area contributed by atoms with Crippen LogP contribution in [0.3, 0.4) is 0 Å². The van der Waals surface area contributed by atoms with Gasteiger partial charge < -0.3 is 4.90 Å². The fourth-order valence-corrected chi connectivity index (χ4v) is 3.93. The van der Waals surface area contributed by atoms with Gasteiger partial charge in [-0.25, -0.2) is 4.98 Å². The molecule has 1 amide bonds. The minimum Gasteiger partial charge on any atom is -0.336 e. The van der Waals surface area contributed by atoms with Gasteiger partial charge in [0, 0.05) is 36.6 Å². The van der Waals surface area contributed by atoms with E-state index in [4.69, 9.17) is 0 Å². The summed E-state index contributed by atoms with van der Waals surface area (Å²) in [6.45, 7) is 3.33. The molecule has 30 heavy (non-hydrogen) atoms. The van der Waals surface area contributed by atoms with Crippen LogP contribution in [0.2, 0.25) is 0 Å². The summed E-state index contributed by atoms with van der Waals surface area (Å²) in [6, 6.07) is 21.4. The van der Waals surface area contributed by atoms with Crippen LogP contribution in [0.1, 0.15) is 27.8 Å². The van der Waals surface area contributed by atoms with Crippen LogP contribution in [0.25, 0.3) is 10.9 Å². The molecule has 2 unspecified atom stereocenters. The van der Waals surface area contributed by atoms with E-state index in [1.807, 2.05) is 60.4 Å². The minimum atomic E-state index is -0.928. The lowest BCUT2D eigenvalue weighted by molar-refractivity contribution is 0.0428. The molecule has 3 aromatic rings. The Morgan fingerprint density at radius 3 is 2.50 bits per heavy atom. The molecule has 6 heteroatoms. The number of hydrogen-bond donors (Lipinski definition) is 0. The molecule has 1 aliphatic rings. The lowest BCUT2D eigenvalue weighted by Crippen LogP contribution is -2.58. The Kier molecular flexibility index (Phi) is 5.55. The van der Waals surface area contributed by atoms with Crippen molar-refractivity contribution in [3.05, 3.63) is 78.0 Å². The summed E-state index contributed by atoms with van der Waals surface area (Å²) in [5.41, 5.74) is 1.66. The van der Waals surface area contributed by atoms with E-state index < -0.39 is 6.04 Å². The van der Waals surface area contributed by atoms with E-state index in [0.29, 0.717) is 25.2 Å². The van der Waals surface area contributed by atoms with E-state index in [0.717, 1.165) is 10.9 Å². The second-order valence-electron chi connectivity index (χ2n) is 7.49. The number of piperazine rings is 1.